The zero-order chi connectivity index (χ0) is 11.3. The smallest absolute Gasteiger partial charge is 0.348 e. The SMILES string of the molecule is CC(=O)O[C@@]1(C(=O)O)CC/C=C\CCC1. The number of ether oxygens (including phenoxy) is 1. The van der Waals surface area contributed by atoms with Crippen molar-refractivity contribution < 1.29 is 19.4 Å². The third kappa shape index (κ3) is 3.08. The molecule has 0 heterocycles. The molecule has 15 heavy (non-hydrogen) atoms. The standard InChI is InChI=1S/C11H16O4/c1-9(12)15-11(10(13)14)7-5-3-2-4-6-8-11/h2-3H,4-8H2,1H3,(H,13,14)/b3-2-/t11-/m0/s1. The fourth-order valence-electron chi connectivity index (χ4n) is 1.82. The van der Waals surface area contributed by atoms with Crippen LogP contribution in [0.5, 0.6) is 0 Å². The molecule has 0 aromatic rings. The number of carbonyl (C=O) groups is 2. The van der Waals surface area contributed by atoms with Gasteiger partial charge in [0.25, 0.3) is 0 Å². The van der Waals surface area contributed by atoms with Crippen molar-refractivity contribution in [2.24, 2.45) is 0 Å². The van der Waals surface area contributed by atoms with Crippen molar-refractivity contribution in [3.05, 3.63) is 12.2 Å². The highest BCUT2D eigenvalue weighted by atomic mass is 16.6. The summed E-state index contributed by atoms with van der Waals surface area (Å²) < 4.78 is 5.00. The number of aliphatic carboxylic acids is 1. The summed E-state index contributed by atoms with van der Waals surface area (Å²) in [4.78, 5) is 22.1. The van der Waals surface area contributed by atoms with Crippen LogP contribution < -0.4 is 0 Å². The van der Waals surface area contributed by atoms with E-state index in [1.807, 2.05) is 12.2 Å². The van der Waals surface area contributed by atoms with Gasteiger partial charge in [0.05, 0.1) is 0 Å². The molecule has 0 aromatic carbocycles. The maximum absolute atomic E-state index is 11.2. The zero-order valence-corrected chi connectivity index (χ0v) is 8.86. The number of carbonyl (C=O) groups excluding carboxylic acids is 1. The van der Waals surface area contributed by atoms with Crippen molar-refractivity contribution in [1.29, 1.82) is 0 Å². The van der Waals surface area contributed by atoms with E-state index in [0.29, 0.717) is 19.3 Å². The molecular weight excluding hydrogens is 196 g/mol. The minimum Gasteiger partial charge on any atom is -0.478 e. The Morgan fingerprint density at radius 1 is 1.27 bits per heavy atom. The van der Waals surface area contributed by atoms with Crippen molar-refractivity contribution in [2.75, 3.05) is 0 Å². The average molecular weight is 212 g/mol. The van der Waals surface area contributed by atoms with E-state index in [2.05, 4.69) is 0 Å². The summed E-state index contributed by atoms with van der Waals surface area (Å²) in [5.41, 5.74) is -1.31. The van der Waals surface area contributed by atoms with Gasteiger partial charge in [-0.3, -0.25) is 4.79 Å². The molecule has 0 saturated heterocycles. The predicted molar refractivity (Wildman–Crippen MR) is 54.4 cm³/mol. The first-order chi connectivity index (χ1) is 7.07. The van der Waals surface area contributed by atoms with Gasteiger partial charge < -0.3 is 9.84 Å². The lowest BCUT2D eigenvalue weighted by atomic mass is 9.89. The molecule has 84 valence electrons. The highest BCUT2D eigenvalue weighted by Crippen LogP contribution is 2.28. The molecule has 0 spiro atoms. The number of esters is 1. The van der Waals surface area contributed by atoms with Gasteiger partial charge in [0.2, 0.25) is 5.60 Å². The van der Waals surface area contributed by atoms with Gasteiger partial charge in [0.15, 0.2) is 0 Å². The van der Waals surface area contributed by atoms with Crippen molar-refractivity contribution in [1.82, 2.24) is 0 Å². The Balaban J connectivity index is 2.82. The topological polar surface area (TPSA) is 63.6 Å². The monoisotopic (exact) mass is 212 g/mol. The molecule has 1 aliphatic rings. The first kappa shape index (κ1) is 11.8. The predicted octanol–water partition coefficient (Wildman–Crippen LogP) is 1.89. The average Bonchev–Trinajstić information content (AvgIpc) is 2.08. The number of carboxylic acid groups (broad SMARTS) is 1. The number of hydrogen-bond donors (Lipinski definition) is 1. The molecule has 0 fully saturated rings. The van der Waals surface area contributed by atoms with Crippen molar-refractivity contribution in [3.8, 4) is 0 Å². The fourth-order valence-corrected chi connectivity index (χ4v) is 1.82. The maximum atomic E-state index is 11.2. The van der Waals surface area contributed by atoms with Crippen molar-refractivity contribution in [3.63, 3.8) is 0 Å². The molecule has 0 radical (unpaired) electrons. The highest BCUT2D eigenvalue weighted by Gasteiger charge is 2.40. The number of carboxylic acids is 1. The summed E-state index contributed by atoms with van der Waals surface area (Å²) in [6.45, 7) is 1.25. The number of rotatable bonds is 2. The molecule has 1 rings (SSSR count). The lowest BCUT2D eigenvalue weighted by molar-refractivity contribution is -0.179. The van der Waals surface area contributed by atoms with Crippen LogP contribution in [0.4, 0.5) is 0 Å². The van der Waals surface area contributed by atoms with E-state index >= 15 is 0 Å². The van der Waals surface area contributed by atoms with Crippen LogP contribution in [-0.4, -0.2) is 22.6 Å². The molecule has 1 N–H and O–H groups in total. The Bertz CT molecular complexity index is 282. The second kappa shape index (κ2) is 4.96. The van der Waals surface area contributed by atoms with Crippen LogP contribution in [0.2, 0.25) is 0 Å². The van der Waals surface area contributed by atoms with Gasteiger partial charge in [-0.1, -0.05) is 12.2 Å². The van der Waals surface area contributed by atoms with Gasteiger partial charge >= 0.3 is 11.9 Å². The zero-order valence-electron chi connectivity index (χ0n) is 8.86. The van der Waals surface area contributed by atoms with Crippen LogP contribution in [0.15, 0.2) is 12.2 Å². The van der Waals surface area contributed by atoms with E-state index in [0.717, 1.165) is 12.8 Å². The Kier molecular flexibility index (Phi) is 3.88. The van der Waals surface area contributed by atoms with Gasteiger partial charge in [-0.15, -0.1) is 0 Å². The summed E-state index contributed by atoms with van der Waals surface area (Å²) in [5, 5.41) is 9.15. The molecule has 1 atom stereocenters. The lowest BCUT2D eigenvalue weighted by Crippen LogP contribution is -2.43. The van der Waals surface area contributed by atoms with Crippen LogP contribution in [0.25, 0.3) is 0 Å². The first-order valence-electron chi connectivity index (χ1n) is 5.15. The fraction of sp³-hybridized carbons (Fsp3) is 0.636. The quantitative estimate of drug-likeness (QED) is 0.560. The third-order valence-electron chi connectivity index (χ3n) is 2.56. The molecule has 0 bridgehead atoms. The number of hydrogen-bond acceptors (Lipinski definition) is 3. The summed E-state index contributed by atoms with van der Waals surface area (Å²) in [5.74, 6) is -1.56. The Morgan fingerprint density at radius 2 is 1.93 bits per heavy atom. The molecule has 0 aromatic heterocycles. The van der Waals surface area contributed by atoms with E-state index in [4.69, 9.17) is 9.84 Å². The minimum absolute atomic E-state index is 0.360. The Labute approximate surface area is 88.9 Å². The van der Waals surface area contributed by atoms with Crippen LogP contribution >= 0.6 is 0 Å². The van der Waals surface area contributed by atoms with Crippen LogP contribution in [0.1, 0.15) is 39.0 Å². The minimum atomic E-state index is -1.31. The van der Waals surface area contributed by atoms with E-state index in [1.54, 1.807) is 0 Å². The van der Waals surface area contributed by atoms with E-state index in [1.165, 1.54) is 6.92 Å². The highest BCUT2D eigenvalue weighted by molar-refractivity contribution is 5.81. The van der Waals surface area contributed by atoms with Gasteiger partial charge in [0, 0.05) is 13.3 Å². The maximum Gasteiger partial charge on any atom is 0.348 e. The summed E-state index contributed by atoms with van der Waals surface area (Å²) in [6, 6.07) is 0. The van der Waals surface area contributed by atoms with Crippen LogP contribution in [0.3, 0.4) is 0 Å². The molecule has 0 aliphatic heterocycles. The Hall–Kier alpha value is -1.32. The largest absolute Gasteiger partial charge is 0.478 e. The van der Waals surface area contributed by atoms with E-state index in [9.17, 15) is 9.59 Å². The number of allylic oxidation sites excluding steroid dienone is 2. The second-order valence-corrected chi connectivity index (χ2v) is 3.80. The van der Waals surface area contributed by atoms with Crippen molar-refractivity contribution >= 4 is 11.9 Å². The molecule has 0 unspecified atom stereocenters. The van der Waals surface area contributed by atoms with Crippen LogP contribution in [0, 0.1) is 0 Å². The molecule has 1 aliphatic carbocycles. The first-order valence-corrected chi connectivity index (χ1v) is 5.15. The molecule has 0 amide bonds. The summed E-state index contributed by atoms with van der Waals surface area (Å²) >= 11 is 0. The summed E-state index contributed by atoms with van der Waals surface area (Å²) in [7, 11) is 0. The van der Waals surface area contributed by atoms with Crippen LogP contribution in [-0.2, 0) is 14.3 Å². The van der Waals surface area contributed by atoms with Crippen molar-refractivity contribution in [2.45, 2.75) is 44.6 Å². The summed E-state index contributed by atoms with van der Waals surface area (Å²) in [6.07, 6.45) is 6.95. The Morgan fingerprint density at radius 3 is 2.53 bits per heavy atom. The second-order valence-electron chi connectivity index (χ2n) is 3.80. The molecule has 4 nitrogen and oxygen atoms in total. The van der Waals surface area contributed by atoms with E-state index < -0.39 is 17.5 Å². The third-order valence-corrected chi connectivity index (χ3v) is 2.56. The van der Waals surface area contributed by atoms with Gasteiger partial charge in [0.1, 0.15) is 0 Å². The molecular formula is C11H16O4. The van der Waals surface area contributed by atoms with E-state index in [-0.39, 0.29) is 0 Å². The molecule has 4 heteroatoms. The lowest BCUT2D eigenvalue weighted by Gasteiger charge is -2.29. The van der Waals surface area contributed by atoms with Gasteiger partial charge in [-0.2, -0.15) is 0 Å². The van der Waals surface area contributed by atoms with Gasteiger partial charge in [-0.05, 0) is 25.7 Å². The normalized spacial score (nSPS) is 28.6. The molecule has 0 saturated carbocycles. The van der Waals surface area contributed by atoms with Gasteiger partial charge in [-0.25, -0.2) is 4.79 Å².